The molecular formula is C70H113NO10. The highest BCUT2D eigenvalue weighted by molar-refractivity contribution is 5.81. The second-order valence-electron chi connectivity index (χ2n) is 21.0. The maximum Gasteiger partial charge on any atom is 0.306 e. The van der Waals surface area contributed by atoms with Crippen molar-refractivity contribution in [3.63, 3.8) is 0 Å². The van der Waals surface area contributed by atoms with Crippen molar-refractivity contribution >= 4 is 11.9 Å². The lowest BCUT2D eigenvalue weighted by atomic mass is 9.99. The lowest BCUT2D eigenvalue weighted by Crippen LogP contribution is -2.61. The second kappa shape index (κ2) is 56.0. The van der Waals surface area contributed by atoms with Gasteiger partial charge in [-0.15, -0.1) is 0 Å². The molecule has 81 heavy (non-hydrogen) atoms. The second-order valence-corrected chi connectivity index (χ2v) is 21.0. The van der Waals surface area contributed by atoms with Crippen LogP contribution in [0.2, 0.25) is 0 Å². The summed E-state index contributed by atoms with van der Waals surface area (Å²) in [7, 11) is 0. The fourth-order valence-corrected chi connectivity index (χ4v) is 8.81. The summed E-state index contributed by atoms with van der Waals surface area (Å²) in [6.45, 7) is 5.49. The molecule has 0 bridgehead atoms. The van der Waals surface area contributed by atoms with Crippen molar-refractivity contribution < 1.29 is 49.3 Å². The summed E-state index contributed by atoms with van der Waals surface area (Å²) >= 11 is 0. The highest BCUT2D eigenvalue weighted by atomic mass is 16.7. The Morgan fingerprint density at radius 2 is 0.889 bits per heavy atom. The highest BCUT2D eigenvalue weighted by Gasteiger charge is 2.47. The average molecular weight is 1130 g/mol. The average Bonchev–Trinajstić information content (AvgIpc) is 3.46. The van der Waals surface area contributed by atoms with Gasteiger partial charge in [0, 0.05) is 12.8 Å². The Kier molecular flexibility index (Phi) is 51.6. The number of nitrogens with one attached hydrogen (secondary N) is 1. The standard InChI is InChI=1S/C70H113NO10/c1-4-7-10-13-16-19-22-25-27-29-31-32-33-35-37-40-43-46-49-52-55-58-65(75)81-68-67(77)66(76)64(59-72)80-70(68)79-60-61(62(73)56-53-50-47-44-41-38-24-21-18-15-12-9-6-3)71-69(78)63(74)57-54-51-48-45-42-39-36-34-30-28-26-23-20-17-14-11-8-5-2/h7-8,10-11,16-17,19-20,25-28,31-32,34-37,42,45,51,53-54,56,61-64,66-68,70,72-74,76-77H,4-6,9,12-15,18,21-24,29-30,33,38-41,43-44,46-50,52,55,57-60H2,1-3H3,(H,71,78)/b10-7-,11-8-,19-16-,20-17-,27-25-,28-26-,32-31-,36-34-,37-35-,45-42-,54-51-,56-53+. The Morgan fingerprint density at radius 1 is 0.494 bits per heavy atom. The molecule has 1 amide bonds. The van der Waals surface area contributed by atoms with E-state index in [1.807, 2.05) is 18.2 Å². The molecule has 0 aromatic carbocycles. The van der Waals surface area contributed by atoms with Gasteiger partial charge in [-0.1, -0.05) is 250 Å². The van der Waals surface area contributed by atoms with Gasteiger partial charge in [0.1, 0.15) is 24.4 Å². The van der Waals surface area contributed by atoms with E-state index in [1.54, 1.807) is 12.2 Å². The smallest absolute Gasteiger partial charge is 0.306 e. The number of amides is 1. The zero-order valence-corrected chi connectivity index (χ0v) is 50.6. The van der Waals surface area contributed by atoms with Gasteiger partial charge in [0.15, 0.2) is 12.4 Å². The van der Waals surface area contributed by atoms with E-state index in [9.17, 15) is 35.1 Å². The Morgan fingerprint density at radius 3 is 1.33 bits per heavy atom. The van der Waals surface area contributed by atoms with Crippen molar-refractivity contribution in [2.24, 2.45) is 0 Å². The molecule has 0 radical (unpaired) electrons. The molecule has 0 spiro atoms. The monoisotopic (exact) mass is 1130 g/mol. The first kappa shape index (κ1) is 74.6. The number of hydrogen-bond acceptors (Lipinski definition) is 10. The molecule has 8 unspecified atom stereocenters. The van der Waals surface area contributed by atoms with E-state index in [2.05, 4.69) is 142 Å². The van der Waals surface area contributed by atoms with E-state index < -0.39 is 67.4 Å². The van der Waals surface area contributed by atoms with Crippen LogP contribution in [-0.4, -0.2) is 99.6 Å². The molecule has 0 saturated carbocycles. The summed E-state index contributed by atoms with van der Waals surface area (Å²) in [6, 6.07) is -1.08. The molecule has 8 atom stereocenters. The summed E-state index contributed by atoms with van der Waals surface area (Å²) < 4.78 is 17.6. The van der Waals surface area contributed by atoms with Crippen molar-refractivity contribution in [1.82, 2.24) is 5.32 Å². The van der Waals surface area contributed by atoms with Gasteiger partial charge < -0.3 is 45.1 Å². The van der Waals surface area contributed by atoms with Gasteiger partial charge in [-0.25, -0.2) is 0 Å². The minimum absolute atomic E-state index is 0.0477. The van der Waals surface area contributed by atoms with Gasteiger partial charge in [-0.2, -0.15) is 0 Å². The molecule has 0 aliphatic carbocycles. The minimum Gasteiger partial charge on any atom is -0.454 e. The molecule has 0 aromatic rings. The van der Waals surface area contributed by atoms with Crippen LogP contribution in [0.4, 0.5) is 0 Å². The number of allylic oxidation sites excluding steroid dienone is 22. The molecule has 458 valence electrons. The minimum atomic E-state index is -1.65. The zero-order chi connectivity index (χ0) is 58.9. The van der Waals surface area contributed by atoms with Gasteiger partial charge in [0.2, 0.25) is 5.91 Å². The third-order valence-corrected chi connectivity index (χ3v) is 13.7. The molecule has 0 aromatic heterocycles. The number of aliphatic hydroxyl groups excluding tert-OH is 5. The molecule has 6 N–H and O–H groups in total. The van der Waals surface area contributed by atoms with Crippen molar-refractivity contribution in [1.29, 1.82) is 0 Å². The van der Waals surface area contributed by atoms with Crippen LogP contribution in [0.5, 0.6) is 0 Å². The van der Waals surface area contributed by atoms with Gasteiger partial charge in [-0.3, -0.25) is 9.59 Å². The van der Waals surface area contributed by atoms with E-state index in [4.69, 9.17) is 14.2 Å². The topological polar surface area (TPSA) is 175 Å². The lowest BCUT2D eigenvalue weighted by Gasteiger charge is -2.41. The van der Waals surface area contributed by atoms with Crippen LogP contribution in [-0.2, 0) is 23.8 Å². The zero-order valence-electron chi connectivity index (χ0n) is 50.6. The van der Waals surface area contributed by atoms with Crippen LogP contribution in [0.25, 0.3) is 0 Å². The van der Waals surface area contributed by atoms with Crippen molar-refractivity contribution in [2.75, 3.05) is 13.2 Å². The Bertz CT molecular complexity index is 1870. The Balaban J connectivity index is 2.75. The fourth-order valence-electron chi connectivity index (χ4n) is 8.81. The summed E-state index contributed by atoms with van der Waals surface area (Å²) in [5.74, 6) is -1.32. The third kappa shape index (κ3) is 43.8. The van der Waals surface area contributed by atoms with Gasteiger partial charge >= 0.3 is 5.97 Å². The third-order valence-electron chi connectivity index (χ3n) is 13.7. The Hall–Kier alpha value is -4.46. The van der Waals surface area contributed by atoms with Crippen LogP contribution >= 0.6 is 0 Å². The molecule has 1 saturated heterocycles. The highest BCUT2D eigenvalue weighted by Crippen LogP contribution is 2.26. The van der Waals surface area contributed by atoms with E-state index in [1.165, 1.54) is 51.4 Å². The molecule has 1 aliphatic rings. The van der Waals surface area contributed by atoms with Gasteiger partial charge in [0.05, 0.1) is 25.4 Å². The van der Waals surface area contributed by atoms with Crippen molar-refractivity contribution in [2.45, 2.75) is 269 Å². The normalized spacial score (nSPS) is 19.7. The van der Waals surface area contributed by atoms with E-state index >= 15 is 0 Å². The first-order valence-corrected chi connectivity index (χ1v) is 31.6. The van der Waals surface area contributed by atoms with Crippen LogP contribution in [0.1, 0.15) is 220 Å². The summed E-state index contributed by atoms with van der Waals surface area (Å²) in [4.78, 5) is 26.5. The predicted octanol–water partition coefficient (Wildman–Crippen LogP) is 15.4. The van der Waals surface area contributed by atoms with E-state index in [-0.39, 0.29) is 19.4 Å². The van der Waals surface area contributed by atoms with Crippen molar-refractivity contribution in [3.8, 4) is 0 Å². The number of carbonyl (C=O) groups excluding carboxylic acids is 2. The van der Waals surface area contributed by atoms with E-state index in [0.717, 1.165) is 122 Å². The van der Waals surface area contributed by atoms with Gasteiger partial charge in [0.25, 0.3) is 0 Å². The number of esters is 1. The lowest BCUT2D eigenvalue weighted by molar-refractivity contribution is -0.305. The SMILES string of the molecule is CC/C=C\C/C=C\C/C=C\C/C=C\C/C=C\C/C=C\CC(O)C(=O)NC(COC1OC(CO)C(O)C(O)C1OC(=O)CCCCCCC/C=C\C/C=C\C/C=C\C/C=C\C/C=C\CC)C(O)/C=C/CCCCCCCCCCCCC. The molecule has 1 fully saturated rings. The first-order chi connectivity index (χ1) is 39.7. The molecule has 1 heterocycles. The number of aliphatic hydroxyl groups is 5. The molecule has 11 nitrogen and oxygen atoms in total. The largest absolute Gasteiger partial charge is 0.454 e. The van der Waals surface area contributed by atoms with Crippen LogP contribution in [0.15, 0.2) is 146 Å². The summed E-state index contributed by atoms with van der Waals surface area (Å²) in [5, 5.41) is 56.9. The quantitative estimate of drug-likeness (QED) is 0.0195. The molecule has 1 aliphatic heterocycles. The van der Waals surface area contributed by atoms with E-state index in [0.29, 0.717) is 12.8 Å². The van der Waals surface area contributed by atoms with Crippen LogP contribution in [0, 0.1) is 0 Å². The summed E-state index contributed by atoms with van der Waals surface area (Å²) in [5.41, 5.74) is 0. The number of rotatable bonds is 51. The Labute approximate surface area is 492 Å². The molecular weight excluding hydrogens is 1010 g/mol. The molecule has 11 heteroatoms. The fraction of sp³-hybridized carbons (Fsp3) is 0.629. The maximum atomic E-state index is 13.4. The molecule has 1 rings (SSSR count). The maximum absolute atomic E-state index is 13.4. The number of unbranched alkanes of at least 4 members (excludes halogenated alkanes) is 16. The number of hydrogen-bond donors (Lipinski definition) is 6. The van der Waals surface area contributed by atoms with Crippen LogP contribution < -0.4 is 5.32 Å². The van der Waals surface area contributed by atoms with Gasteiger partial charge in [-0.05, 0) is 103 Å². The van der Waals surface area contributed by atoms with Crippen LogP contribution in [0.3, 0.4) is 0 Å². The number of ether oxygens (including phenoxy) is 3. The van der Waals surface area contributed by atoms with Crippen molar-refractivity contribution in [3.05, 3.63) is 146 Å². The first-order valence-electron chi connectivity index (χ1n) is 31.6. The predicted molar refractivity (Wildman–Crippen MR) is 337 cm³/mol. The number of carbonyl (C=O) groups is 2. The summed E-state index contributed by atoms with van der Waals surface area (Å²) in [6.07, 6.45) is 70.4.